The number of alkyl halides is 2. The quantitative estimate of drug-likeness (QED) is 0.215. The summed E-state index contributed by atoms with van der Waals surface area (Å²) in [6.45, 7) is 2.70. The van der Waals surface area contributed by atoms with E-state index in [1.807, 2.05) is 30.3 Å². The first-order chi connectivity index (χ1) is 18.0. The molecule has 0 saturated heterocycles. The molecule has 1 aromatic carbocycles. The van der Waals surface area contributed by atoms with Gasteiger partial charge >= 0.3 is 6.05 Å². The molecule has 0 aliphatic carbocycles. The topological polar surface area (TPSA) is 171 Å². The first-order valence-corrected chi connectivity index (χ1v) is 11.4. The monoisotopic (exact) mass is 524 g/mol. The number of nitrogens with one attached hydrogen (secondary N) is 3. The van der Waals surface area contributed by atoms with Gasteiger partial charge in [-0.2, -0.15) is 18.7 Å². The molecule has 3 aromatic heterocycles. The maximum atomic E-state index is 14.1. The molecule has 12 nitrogen and oxygen atoms in total. The van der Waals surface area contributed by atoms with Crippen molar-refractivity contribution in [1.82, 2.24) is 30.4 Å². The number of halogens is 2. The van der Waals surface area contributed by atoms with Crippen LogP contribution >= 0.6 is 0 Å². The second-order valence-electron chi connectivity index (χ2n) is 8.97. The number of aliphatic hydroxyl groups is 2. The molecule has 0 spiro atoms. The molecular formula is C24H22F2N8O4. The Balaban J connectivity index is 1.52. The molecule has 0 unspecified atom stereocenters. The van der Waals surface area contributed by atoms with Crippen molar-refractivity contribution in [2.24, 2.45) is 0 Å². The Labute approximate surface area is 214 Å². The largest absolute Gasteiger partial charge is 0.394 e. The van der Waals surface area contributed by atoms with E-state index in [0.29, 0.717) is 0 Å². The van der Waals surface area contributed by atoms with Gasteiger partial charge in [-0.1, -0.05) is 35.5 Å². The Morgan fingerprint density at radius 3 is 2.55 bits per heavy atom. The van der Waals surface area contributed by atoms with Gasteiger partial charge in [0.2, 0.25) is 11.8 Å². The van der Waals surface area contributed by atoms with E-state index in [1.165, 1.54) is 32.2 Å². The summed E-state index contributed by atoms with van der Waals surface area (Å²) in [4.78, 5) is 28.5. The number of anilines is 3. The summed E-state index contributed by atoms with van der Waals surface area (Å²) < 4.78 is 33.5. The minimum absolute atomic E-state index is 0.000751. The summed E-state index contributed by atoms with van der Waals surface area (Å²) in [7, 11) is 0. The fourth-order valence-electron chi connectivity index (χ4n) is 3.71. The summed E-state index contributed by atoms with van der Waals surface area (Å²) in [5.41, 5.74) is -1.29. The Morgan fingerprint density at radius 1 is 1.11 bits per heavy atom. The second-order valence-corrected chi connectivity index (χ2v) is 8.97. The van der Waals surface area contributed by atoms with Gasteiger partial charge < -0.3 is 25.4 Å². The Kier molecular flexibility index (Phi) is 6.20. The zero-order valence-corrected chi connectivity index (χ0v) is 20.1. The van der Waals surface area contributed by atoms with Crippen molar-refractivity contribution in [3.8, 4) is 11.5 Å². The molecule has 1 amide bonds. The molecule has 1 aliphatic rings. The highest BCUT2D eigenvalue weighted by molar-refractivity contribution is 5.99. The number of benzene rings is 1. The van der Waals surface area contributed by atoms with Crippen LogP contribution in [0.3, 0.4) is 0 Å². The Bertz CT molecular complexity index is 1490. The minimum Gasteiger partial charge on any atom is -0.394 e. The van der Waals surface area contributed by atoms with E-state index < -0.39 is 29.3 Å². The van der Waals surface area contributed by atoms with Gasteiger partial charge in [-0.05, 0) is 31.5 Å². The number of aromatic nitrogens is 5. The number of fused-ring (bicyclic) bond motifs is 1. The fraction of sp³-hybridized carbons (Fsp3) is 0.250. The highest BCUT2D eigenvalue weighted by atomic mass is 19.3. The molecule has 5 rings (SSSR count). The van der Waals surface area contributed by atoms with Gasteiger partial charge in [0.25, 0.3) is 11.8 Å². The predicted octanol–water partition coefficient (Wildman–Crippen LogP) is 2.83. The predicted molar refractivity (Wildman–Crippen MR) is 129 cm³/mol. The van der Waals surface area contributed by atoms with E-state index in [2.05, 4.69) is 35.7 Å². The smallest absolute Gasteiger partial charge is 0.370 e. The molecule has 0 fully saturated rings. The van der Waals surface area contributed by atoms with Gasteiger partial charge in [0.1, 0.15) is 28.5 Å². The van der Waals surface area contributed by atoms with Crippen LogP contribution in [0.25, 0.3) is 11.5 Å². The lowest BCUT2D eigenvalue weighted by atomic mass is 10.1. The number of hydrogen-bond acceptors (Lipinski definition) is 11. The zero-order chi connectivity index (χ0) is 27.1. The summed E-state index contributed by atoms with van der Waals surface area (Å²) in [6.07, 6.45) is 1.35. The van der Waals surface area contributed by atoms with E-state index in [-0.39, 0.29) is 47.0 Å². The van der Waals surface area contributed by atoms with Gasteiger partial charge in [-0.25, -0.2) is 9.97 Å². The summed E-state index contributed by atoms with van der Waals surface area (Å²) in [6, 6.07) is 7.47. The van der Waals surface area contributed by atoms with Gasteiger partial charge in [-0.3, -0.25) is 10.1 Å². The SMILES string of the molecule is CC(C)(O)c1noc(-c2cnc(Nc3ccc4c(n3)C(F)(F)NC4=O)nc2N[C@H](CO)c2ccccc2)n1. The molecule has 196 valence electrons. The van der Waals surface area contributed by atoms with Crippen LogP contribution in [0.5, 0.6) is 0 Å². The molecule has 1 atom stereocenters. The molecule has 0 saturated carbocycles. The van der Waals surface area contributed by atoms with E-state index in [4.69, 9.17) is 4.52 Å². The second kappa shape index (κ2) is 9.39. The fourth-order valence-corrected chi connectivity index (χ4v) is 3.71. The summed E-state index contributed by atoms with van der Waals surface area (Å²) in [5.74, 6) is -0.773. The number of carbonyl (C=O) groups excluding carboxylic acids is 1. The number of rotatable bonds is 8. The van der Waals surface area contributed by atoms with Gasteiger partial charge in [0.15, 0.2) is 0 Å². The Morgan fingerprint density at radius 2 is 1.87 bits per heavy atom. The van der Waals surface area contributed by atoms with Crippen molar-refractivity contribution in [2.75, 3.05) is 17.2 Å². The molecule has 38 heavy (non-hydrogen) atoms. The van der Waals surface area contributed by atoms with Crippen LogP contribution in [-0.4, -0.2) is 47.8 Å². The summed E-state index contributed by atoms with van der Waals surface area (Å²) in [5, 5.41) is 31.5. The van der Waals surface area contributed by atoms with Gasteiger partial charge in [-0.15, -0.1) is 0 Å². The van der Waals surface area contributed by atoms with Gasteiger partial charge in [0, 0.05) is 6.20 Å². The van der Waals surface area contributed by atoms with Crippen LogP contribution in [0.2, 0.25) is 0 Å². The first-order valence-electron chi connectivity index (χ1n) is 11.4. The third kappa shape index (κ3) is 4.86. The first kappa shape index (κ1) is 25.1. The van der Waals surface area contributed by atoms with Crippen LogP contribution in [-0.2, 0) is 11.6 Å². The molecular weight excluding hydrogens is 502 g/mol. The third-order valence-electron chi connectivity index (χ3n) is 5.64. The van der Waals surface area contributed by atoms with Crippen molar-refractivity contribution in [2.45, 2.75) is 31.5 Å². The maximum absolute atomic E-state index is 14.1. The van der Waals surface area contributed by atoms with Crippen LogP contribution in [0.4, 0.5) is 26.4 Å². The molecule has 5 N–H and O–H groups in total. The number of amides is 1. The number of aliphatic hydroxyl groups excluding tert-OH is 1. The van der Waals surface area contributed by atoms with Crippen LogP contribution in [0.15, 0.2) is 53.2 Å². The normalized spacial score (nSPS) is 15.1. The molecule has 0 bridgehead atoms. The number of hydrogen-bond donors (Lipinski definition) is 5. The van der Waals surface area contributed by atoms with E-state index in [1.54, 1.807) is 5.32 Å². The van der Waals surface area contributed by atoms with Crippen molar-refractivity contribution in [3.05, 3.63) is 71.3 Å². The average Bonchev–Trinajstić information content (AvgIpc) is 3.46. The lowest BCUT2D eigenvalue weighted by molar-refractivity contribution is -0.0278. The van der Waals surface area contributed by atoms with Crippen LogP contribution in [0, 0.1) is 0 Å². The van der Waals surface area contributed by atoms with Crippen molar-refractivity contribution in [1.29, 1.82) is 0 Å². The molecule has 0 radical (unpaired) electrons. The van der Waals surface area contributed by atoms with Crippen LogP contribution in [0.1, 0.15) is 47.3 Å². The number of nitrogens with zero attached hydrogens (tertiary/aromatic N) is 5. The summed E-state index contributed by atoms with van der Waals surface area (Å²) >= 11 is 0. The number of carbonyl (C=O) groups is 1. The Hall–Kier alpha value is -4.56. The van der Waals surface area contributed by atoms with Crippen molar-refractivity contribution < 1.29 is 28.3 Å². The highest BCUT2D eigenvalue weighted by Crippen LogP contribution is 2.34. The van der Waals surface area contributed by atoms with E-state index in [9.17, 15) is 23.8 Å². The number of pyridine rings is 1. The third-order valence-corrected chi connectivity index (χ3v) is 5.64. The lowest BCUT2D eigenvalue weighted by Crippen LogP contribution is -2.30. The van der Waals surface area contributed by atoms with Crippen LogP contribution < -0.4 is 16.0 Å². The lowest BCUT2D eigenvalue weighted by Gasteiger charge is -2.19. The van der Waals surface area contributed by atoms with E-state index >= 15 is 0 Å². The average molecular weight is 524 g/mol. The maximum Gasteiger partial charge on any atom is 0.370 e. The van der Waals surface area contributed by atoms with Crippen molar-refractivity contribution >= 4 is 23.5 Å². The molecule has 4 aromatic rings. The van der Waals surface area contributed by atoms with Gasteiger partial charge in [0.05, 0.1) is 18.2 Å². The minimum atomic E-state index is -3.61. The van der Waals surface area contributed by atoms with E-state index in [0.717, 1.165) is 5.56 Å². The molecule has 14 heteroatoms. The molecule has 4 heterocycles. The highest BCUT2D eigenvalue weighted by Gasteiger charge is 2.45. The van der Waals surface area contributed by atoms with Crippen molar-refractivity contribution in [3.63, 3.8) is 0 Å². The zero-order valence-electron chi connectivity index (χ0n) is 20.1. The molecule has 1 aliphatic heterocycles. The standard InChI is InChI=1S/C24H22F2N8O4/c1-23(2,37)21-32-20(38-34-21)14-10-27-22(31-18(14)28-15(11-35)12-6-4-3-5-7-12)30-16-9-8-13-17(29-16)24(25,26)33-19(13)36/h3-10,15,35,37H,11H2,1-2H3,(H,33,36)(H2,27,28,29,30,31)/t15-/m1/s1.